The molecule has 0 spiro atoms. The van der Waals surface area contributed by atoms with Gasteiger partial charge < -0.3 is 5.32 Å². The minimum absolute atomic E-state index is 0. The third-order valence-electron chi connectivity index (χ3n) is 1.47. The van der Waals surface area contributed by atoms with E-state index in [0.717, 1.165) is 11.3 Å². The van der Waals surface area contributed by atoms with Crippen LogP contribution < -0.4 is 5.32 Å². The Morgan fingerprint density at radius 2 is 2.00 bits per heavy atom. The molecule has 0 bridgehead atoms. The van der Waals surface area contributed by atoms with E-state index in [4.69, 9.17) is 0 Å². The van der Waals surface area contributed by atoms with Crippen molar-refractivity contribution < 1.29 is 4.39 Å². The summed E-state index contributed by atoms with van der Waals surface area (Å²) in [4.78, 5) is 0. The lowest BCUT2D eigenvalue weighted by Gasteiger charge is -2.02. The Bertz CT molecular complexity index is 238. The number of hydrogen-bond donors (Lipinski definition) is 1. The summed E-state index contributed by atoms with van der Waals surface area (Å²) in [6, 6.07) is 4.69. The van der Waals surface area contributed by atoms with E-state index >= 15 is 0 Å². The molecule has 0 radical (unpaired) electrons. The lowest BCUT2D eigenvalue weighted by molar-refractivity contribution is 0.628. The second-order valence-electron chi connectivity index (χ2n) is 2.21. The maximum atomic E-state index is 12.5. The van der Waals surface area contributed by atoms with E-state index in [9.17, 15) is 4.39 Å². The molecule has 0 aromatic heterocycles. The van der Waals surface area contributed by atoms with Crippen LogP contribution in [0.25, 0.3) is 0 Å². The van der Waals surface area contributed by atoms with Gasteiger partial charge in [-0.1, -0.05) is 6.07 Å². The van der Waals surface area contributed by atoms with Crippen molar-refractivity contribution in [2.24, 2.45) is 0 Å². The summed E-state index contributed by atoms with van der Waals surface area (Å²) in [5.74, 6) is -0.199. The Morgan fingerprint density at radius 3 is 2.45 bits per heavy atom. The minimum Gasteiger partial charge on any atom is -0.388 e. The third-order valence-corrected chi connectivity index (χ3v) is 1.47. The molecule has 1 N–H and O–H groups in total. The van der Waals surface area contributed by atoms with E-state index in [0.29, 0.717) is 0 Å². The molecule has 0 fully saturated rings. The van der Waals surface area contributed by atoms with Gasteiger partial charge in [-0.3, -0.25) is 0 Å². The molecule has 0 unspecified atom stereocenters. The summed E-state index contributed by atoms with van der Waals surface area (Å²) in [6.45, 7) is 1.94. The van der Waals surface area contributed by atoms with Crippen molar-refractivity contribution in [3.05, 3.63) is 29.6 Å². The molecule has 1 rings (SSSR count). The zero-order valence-corrected chi connectivity index (χ0v) is 7.33. The standard InChI is InChI=1S/C8H10FN.ClH/c1-6-3-4-7(9)5-8(6)10-2;/h3-5,10H,1-2H3;1H. The smallest absolute Gasteiger partial charge is 0.125 e. The molecule has 0 aliphatic carbocycles. The molecule has 0 saturated heterocycles. The zero-order valence-electron chi connectivity index (χ0n) is 6.52. The highest BCUT2D eigenvalue weighted by Gasteiger charge is 1.95. The fourth-order valence-corrected chi connectivity index (χ4v) is 0.864. The van der Waals surface area contributed by atoms with E-state index in [1.165, 1.54) is 12.1 Å². The van der Waals surface area contributed by atoms with Gasteiger partial charge in [-0.25, -0.2) is 4.39 Å². The van der Waals surface area contributed by atoms with E-state index in [-0.39, 0.29) is 18.2 Å². The normalized spacial score (nSPS) is 8.64. The largest absolute Gasteiger partial charge is 0.388 e. The minimum atomic E-state index is -0.199. The van der Waals surface area contributed by atoms with Crippen molar-refractivity contribution in [2.45, 2.75) is 6.92 Å². The number of halogens is 2. The van der Waals surface area contributed by atoms with Gasteiger partial charge in [-0.2, -0.15) is 0 Å². The van der Waals surface area contributed by atoms with Gasteiger partial charge in [0.25, 0.3) is 0 Å². The molecule has 0 aliphatic heterocycles. The predicted octanol–water partition coefficient (Wildman–Crippen LogP) is 2.60. The van der Waals surface area contributed by atoms with E-state index in [2.05, 4.69) is 5.32 Å². The summed E-state index contributed by atoms with van der Waals surface area (Å²) < 4.78 is 12.5. The van der Waals surface area contributed by atoms with E-state index in [1.807, 2.05) is 6.92 Å². The number of nitrogens with one attached hydrogen (secondary N) is 1. The van der Waals surface area contributed by atoms with Crippen LogP contribution in [-0.2, 0) is 0 Å². The molecule has 62 valence electrons. The van der Waals surface area contributed by atoms with Crippen molar-refractivity contribution in [2.75, 3.05) is 12.4 Å². The highest BCUT2D eigenvalue weighted by Crippen LogP contribution is 2.14. The Hall–Kier alpha value is -0.760. The number of aryl methyl sites for hydroxylation is 1. The zero-order chi connectivity index (χ0) is 7.56. The van der Waals surface area contributed by atoms with Crippen molar-refractivity contribution >= 4 is 18.1 Å². The topological polar surface area (TPSA) is 12.0 Å². The molecule has 0 heterocycles. The average molecular weight is 176 g/mol. The summed E-state index contributed by atoms with van der Waals surface area (Å²) in [5, 5.41) is 2.90. The molecule has 0 atom stereocenters. The van der Waals surface area contributed by atoms with Gasteiger partial charge in [0.05, 0.1) is 0 Å². The van der Waals surface area contributed by atoms with Crippen molar-refractivity contribution in [3.8, 4) is 0 Å². The third kappa shape index (κ3) is 2.39. The van der Waals surface area contributed by atoms with Crippen molar-refractivity contribution in [3.63, 3.8) is 0 Å². The van der Waals surface area contributed by atoms with Crippen molar-refractivity contribution in [1.82, 2.24) is 0 Å². The predicted molar refractivity (Wildman–Crippen MR) is 47.9 cm³/mol. The van der Waals surface area contributed by atoms with Crippen LogP contribution in [0.2, 0.25) is 0 Å². The number of anilines is 1. The Balaban J connectivity index is 0.000001000. The van der Waals surface area contributed by atoms with Gasteiger partial charge >= 0.3 is 0 Å². The summed E-state index contributed by atoms with van der Waals surface area (Å²) in [7, 11) is 1.78. The lowest BCUT2D eigenvalue weighted by atomic mass is 10.2. The molecule has 0 saturated carbocycles. The van der Waals surface area contributed by atoms with Crippen molar-refractivity contribution in [1.29, 1.82) is 0 Å². The van der Waals surface area contributed by atoms with E-state index in [1.54, 1.807) is 13.1 Å². The fourth-order valence-electron chi connectivity index (χ4n) is 0.864. The Morgan fingerprint density at radius 1 is 1.36 bits per heavy atom. The first-order chi connectivity index (χ1) is 4.74. The molecule has 0 aliphatic rings. The first kappa shape index (κ1) is 10.2. The second kappa shape index (κ2) is 4.19. The van der Waals surface area contributed by atoms with Crippen LogP contribution in [-0.4, -0.2) is 7.05 Å². The second-order valence-corrected chi connectivity index (χ2v) is 2.21. The van der Waals surface area contributed by atoms with Crippen LogP contribution in [0.3, 0.4) is 0 Å². The average Bonchev–Trinajstić information content (AvgIpc) is 1.94. The van der Waals surface area contributed by atoms with Crippen LogP contribution in [0.5, 0.6) is 0 Å². The molecular formula is C8H11ClFN. The van der Waals surface area contributed by atoms with Gasteiger partial charge in [0.2, 0.25) is 0 Å². The fraction of sp³-hybridized carbons (Fsp3) is 0.250. The number of benzene rings is 1. The van der Waals surface area contributed by atoms with Gasteiger partial charge in [0.1, 0.15) is 5.82 Å². The highest BCUT2D eigenvalue weighted by atomic mass is 35.5. The SMILES string of the molecule is CNc1cc(F)ccc1C.Cl. The quantitative estimate of drug-likeness (QED) is 0.692. The Labute approximate surface area is 72.0 Å². The maximum absolute atomic E-state index is 12.5. The molecule has 11 heavy (non-hydrogen) atoms. The van der Waals surface area contributed by atoms with Gasteiger partial charge in [-0.15, -0.1) is 12.4 Å². The van der Waals surface area contributed by atoms with Crippen LogP contribution in [0.1, 0.15) is 5.56 Å². The van der Waals surface area contributed by atoms with Gasteiger partial charge in [0.15, 0.2) is 0 Å². The molecule has 1 aromatic rings. The molecule has 3 heteroatoms. The lowest BCUT2D eigenvalue weighted by Crippen LogP contribution is -1.91. The van der Waals surface area contributed by atoms with Crippen LogP contribution in [0.15, 0.2) is 18.2 Å². The maximum Gasteiger partial charge on any atom is 0.125 e. The number of rotatable bonds is 1. The summed E-state index contributed by atoms with van der Waals surface area (Å²) in [5.41, 5.74) is 1.91. The molecule has 0 amide bonds. The van der Waals surface area contributed by atoms with Crippen LogP contribution >= 0.6 is 12.4 Å². The monoisotopic (exact) mass is 175 g/mol. The summed E-state index contributed by atoms with van der Waals surface area (Å²) >= 11 is 0. The molecule has 1 nitrogen and oxygen atoms in total. The highest BCUT2D eigenvalue weighted by molar-refractivity contribution is 5.85. The molecule has 1 aromatic carbocycles. The summed E-state index contributed by atoms with van der Waals surface area (Å²) in [6.07, 6.45) is 0. The van der Waals surface area contributed by atoms with Crippen LogP contribution in [0.4, 0.5) is 10.1 Å². The number of hydrogen-bond acceptors (Lipinski definition) is 1. The van der Waals surface area contributed by atoms with Gasteiger partial charge in [0, 0.05) is 12.7 Å². The van der Waals surface area contributed by atoms with Crippen LogP contribution in [0, 0.1) is 12.7 Å². The first-order valence-corrected chi connectivity index (χ1v) is 3.18. The first-order valence-electron chi connectivity index (χ1n) is 3.18. The van der Waals surface area contributed by atoms with Gasteiger partial charge in [-0.05, 0) is 24.6 Å². The van der Waals surface area contributed by atoms with E-state index < -0.39 is 0 Å². The molecular weight excluding hydrogens is 165 g/mol. The Kier molecular flexibility index (Phi) is 3.90.